The van der Waals surface area contributed by atoms with Crippen LogP contribution in [0, 0.1) is 0 Å². The largest absolute Gasteiger partial charge is 0.495 e. The third kappa shape index (κ3) is 4.63. The van der Waals surface area contributed by atoms with E-state index in [4.69, 9.17) is 25.8 Å². The molecule has 0 saturated carbocycles. The van der Waals surface area contributed by atoms with Crippen LogP contribution in [0.1, 0.15) is 11.1 Å². The average Bonchev–Trinajstić information content (AvgIpc) is 2.58. The number of aliphatic imine (C=N–C) groups is 1. The van der Waals surface area contributed by atoms with Crippen molar-refractivity contribution in [3.05, 3.63) is 52.5 Å². The molecule has 0 aliphatic rings. The summed E-state index contributed by atoms with van der Waals surface area (Å²) in [4.78, 5) is 4.44. The number of rotatable bonds is 7. The second kappa shape index (κ2) is 8.44. The standard InChI is InChI=1S/C18H20ClNO3/c1-21-16-6-5-14(10-15(16)19)12-20-9-8-13-4-7-17(22-2)18(11-13)23-3/h4-7,10-12H,8-9H2,1-3H3. The maximum Gasteiger partial charge on any atom is 0.160 e. The van der Waals surface area contributed by atoms with Gasteiger partial charge in [0.1, 0.15) is 5.75 Å². The molecule has 0 aliphatic heterocycles. The molecule has 0 spiro atoms. The Labute approximate surface area is 141 Å². The van der Waals surface area contributed by atoms with E-state index in [0.717, 1.165) is 29.0 Å². The van der Waals surface area contributed by atoms with Gasteiger partial charge in [0.15, 0.2) is 11.5 Å². The van der Waals surface area contributed by atoms with Gasteiger partial charge in [0.2, 0.25) is 0 Å². The lowest BCUT2D eigenvalue weighted by molar-refractivity contribution is 0.354. The molecule has 0 aliphatic carbocycles. The van der Waals surface area contributed by atoms with Gasteiger partial charge in [0.05, 0.1) is 26.4 Å². The fourth-order valence-corrected chi connectivity index (χ4v) is 2.43. The summed E-state index contributed by atoms with van der Waals surface area (Å²) < 4.78 is 15.7. The highest BCUT2D eigenvalue weighted by Crippen LogP contribution is 2.27. The highest BCUT2D eigenvalue weighted by Gasteiger charge is 2.04. The Morgan fingerprint density at radius 3 is 2.26 bits per heavy atom. The van der Waals surface area contributed by atoms with Crippen LogP contribution in [0.15, 0.2) is 41.4 Å². The number of hydrogen-bond donors (Lipinski definition) is 0. The first-order chi connectivity index (χ1) is 11.2. The van der Waals surface area contributed by atoms with Crippen LogP contribution in [-0.4, -0.2) is 34.1 Å². The van der Waals surface area contributed by atoms with Crippen molar-refractivity contribution in [1.82, 2.24) is 0 Å². The van der Waals surface area contributed by atoms with E-state index in [-0.39, 0.29) is 0 Å². The van der Waals surface area contributed by atoms with Gasteiger partial charge >= 0.3 is 0 Å². The van der Waals surface area contributed by atoms with Crippen LogP contribution in [0.3, 0.4) is 0 Å². The Morgan fingerprint density at radius 1 is 0.913 bits per heavy atom. The molecule has 2 aromatic carbocycles. The minimum absolute atomic E-state index is 0.580. The zero-order chi connectivity index (χ0) is 16.7. The molecule has 0 heterocycles. The molecule has 4 nitrogen and oxygen atoms in total. The third-order valence-electron chi connectivity index (χ3n) is 3.39. The summed E-state index contributed by atoms with van der Waals surface area (Å²) in [6.45, 7) is 0.680. The molecule has 0 unspecified atom stereocenters. The van der Waals surface area contributed by atoms with Gasteiger partial charge in [-0.15, -0.1) is 0 Å². The van der Waals surface area contributed by atoms with Gasteiger partial charge in [-0.1, -0.05) is 17.7 Å². The molecular weight excluding hydrogens is 314 g/mol. The van der Waals surface area contributed by atoms with Crippen molar-refractivity contribution >= 4 is 17.8 Å². The number of nitrogens with zero attached hydrogens (tertiary/aromatic N) is 1. The van der Waals surface area contributed by atoms with Crippen LogP contribution in [-0.2, 0) is 6.42 Å². The van der Waals surface area contributed by atoms with Gasteiger partial charge in [-0.2, -0.15) is 0 Å². The SMILES string of the molecule is COc1ccc(C=NCCc2ccc(OC)c(OC)c2)cc1Cl. The molecule has 0 atom stereocenters. The van der Waals surface area contributed by atoms with Crippen LogP contribution in [0.2, 0.25) is 5.02 Å². The fourth-order valence-electron chi connectivity index (χ4n) is 2.16. The summed E-state index contributed by atoms with van der Waals surface area (Å²) in [5.74, 6) is 2.12. The van der Waals surface area contributed by atoms with Crippen LogP contribution < -0.4 is 14.2 Å². The first kappa shape index (κ1) is 17.2. The highest BCUT2D eigenvalue weighted by atomic mass is 35.5. The molecule has 23 heavy (non-hydrogen) atoms. The molecule has 0 aromatic heterocycles. The summed E-state index contributed by atoms with van der Waals surface area (Å²) in [6, 6.07) is 11.5. The smallest absolute Gasteiger partial charge is 0.160 e. The predicted molar refractivity (Wildman–Crippen MR) is 93.7 cm³/mol. The summed E-state index contributed by atoms with van der Waals surface area (Å²) in [5.41, 5.74) is 2.09. The lowest BCUT2D eigenvalue weighted by Gasteiger charge is -2.08. The molecule has 0 saturated heterocycles. The normalized spacial score (nSPS) is 10.8. The van der Waals surface area contributed by atoms with Crippen molar-refractivity contribution in [2.75, 3.05) is 27.9 Å². The first-order valence-electron chi connectivity index (χ1n) is 7.22. The summed E-state index contributed by atoms with van der Waals surface area (Å²) in [5, 5.41) is 0.580. The molecule has 0 bridgehead atoms. The fraction of sp³-hybridized carbons (Fsp3) is 0.278. The van der Waals surface area contributed by atoms with Crippen LogP contribution in [0.5, 0.6) is 17.2 Å². The summed E-state index contributed by atoms with van der Waals surface area (Å²) >= 11 is 6.09. The Bertz CT molecular complexity index is 686. The summed E-state index contributed by atoms with van der Waals surface area (Å²) in [6.07, 6.45) is 2.63. The Hall–Kier alpha value is -2.20. The zero-order valence-corrected chi connectivity index (χ0v) is 14.3. The van der Waals surface area contributed by atoms with Gasteiger partial charge in [-0.25, -0.2) is 0 Å². The van der Waals surface area contributed by atoms with E-state index in [9.17, 15) is 0 Å². The molecule has 0 fully saturated rings. The zero-order valence-electron chi connectivity index (χ0n) is 13.5. The van der Waals surface area contributed by atoms with Crippen molar-refractivity contribution < 1.29 is 14.2 Å². The Balaban J connectivity index is 1.95. The third-order valence-corrected chi connectivity index (χ3v) is 3.69. The number of methoxy groups -OCH3 is 3. The van der Waals surface area contributed by atoms with E-state index in [1.54, 1.807) is 21.3 Å². The molecule has 2 aromatic rings. The molecule has 5 heteroatoms. The van der Waals surface area contributed by atoms with E-state index in [1.165, 1.54) is 0 Å². The molecule has 0 radical (unpaired) electrons. The minimum atomic E-state index is 0.580. The van der Waals surface area contributed by atoms with E-state index in [1.807, 2.05) is 42.6 Å². The quantitative estimate of drug-likeness (QED) is 0.718. The van der Waals surface area contributed by atoms with Crippen LogP contribution in [0.25, 0.3) is 0 Å². The average molecular weight is 334 g/mol. The lowest BCUT2D eigenvalue weighted by Crippen LogP contribution is -1.95. The molecule has 2 rings (SSSR count). The van der Waals surface area contributed by atoms with E-state index in [2.05, 4.69) is 4.99 Å². The number of benzene rings is 2. The molecule has 122 valence electrons. The highest BCUT2D eigenvalue weighted by molar-refractivity contribution is 6.32. The first-order valence-corrected chi connectivity index (χ1v) is 7.60. The van der Waals surface area contributed by atoms with E-state index in [0.29, 0.717) is 17.3 Å². The van der Waals surface area contributed by atoms with Crippen molar-refractivity contribution in [2.24, 2.45) is 4.99 Å². The Morgan fingerprint density at radius 2 is 1.61 bits per heavy atom. The van der Waals surface area contributed by atoms with Crippen molar-refractivity contribution in [3.63, 3.8) is 0 Å². The Kier molecular flexibility index (Phi) is 6.29. The van der Waals surface area contributed by atoms with Crippen molar-refractivity contribution in [1.29, 1.82) is 0 Å². The maximum absolute atomic E-state index is 6.09. The lowest BCUT2D eigenvalue weighted by atomic mass is 10.1. The van der Waals surface area contributed by atoms with Crippen molar-refractivity contribution in [2.45, 2.75) is 6.42 Å². The predicted octanol–water partition coefficient (Wildman–Crippen LogP) is 4.03. The summed E-state index contributed by atoms with van der Waals surface area (Å²) in [7, 11) is 4.85. The molecule has 0 N–H and O–H groups in total. The van der Waals surface area contributed by atoms with Gasteiger partial charge in [-0.05, 0) is 47.9 Å². The second-order valence-corrected chi connectivity index (χ2v) is 5.28. The topological polar surface area (TPSA) is 40.0 Å². The van der Waals surface area contributed by atoms with Crippen LogP contribution in [0.4, 0.5) is 0 Å². The van der Waals surface area contributed by atoms with Gasteiger partial charge in [0.25, 0.3) is 0 Å². The monoisotopic (exact) mass is 333 g/mol. The van der Waals surface area contributed by atoms with E-state index >= 15 is 0 Å². The van der Waals surface area contributed by atoms with Gasteiger partial charge in [-0.3, -0.25) is 4.99 Å². The van der Waals surface area contributed by atoms with Gasteiger partial charge < -0.3 is 14.2 Å². The van der Waals surface area contributed by atoms with Crippen LogP contribution >= 0.6 is 11.6 Å². The van der Waals surface area contributed by atoms with Gasteiger partial charge in [0, 0.05) is 12.8 Å². The van der Waals surface area contributed by atoms with Crippen molar-refractivity contribution in [3.8, 4) is 17.2 Å². The van der Waals surface area contributed by atoms with E-state index < -0.39 is 0 Å². The molecular formula is C18H20ClNO3. The maximum atomic E-state index is 6.09. The second-order valence-electron chi connectivity index (χ2n) is 4.87. The number of ether oxygens (including phenoxy) is 3. The number of halogens is 1. The number of hydrogen-bond acceptors (Lipinski definition) is 4. The molecule has 0 amide bonds. The minimum Gasteiger partial charge on any atom is -0.495 e.